The van der Waals surface area contributed by atoms with Crippen LogP contribution in [0.3, 0.4) is 0 Å². The number of methoxy groups -OCH3 is 1. The molecule has 38 heavy (non-hydrogen) atoms. The molecular formula is C28H37NO8S. The van der Waals surface area contributed by atoms with Crippen molar-refractivity contribution in [3.63, 3.8) is 0 Å². The van der Waals surface area contributed by atoms with Gasteiger partial charge in [0.05, 0.1) is 38.4 Å². The van der Waals surface area contributed by atoms with Crippen LogP contribution in [0.4, 0.5) is 10.5 Å². The minimum absolute atomic E-state index is 0.203. The highest BCUT2D eigenvalue weighted by molar-refractivity contribution is 8.08. The third-order valence-electron chi connectivity index (χ3n) is 5.36. The van der Waals surface area contributed by atoms with Crippen molar-refractivity contribution in [3.05, 3.63) is 60.7 Å². The predicted molar refractivity (Wildman–Crippen MR) is 149 cm³/mol. The Hall–Kier alpha value is -3.05. The number of amides is 1. The summed E-state index contributed by atoms with van der Waals surface area (Å²) in [5.41, 5.74) is 0.238. The lowest BCUT2D eigenvalue weighted by Gasteiger charge is -2.22. The van der Waals surface area contributed by atoms with E-state index in [9.17, 15) is 14.7 Å². The van der Waals surface area contributed by atoms with Crippen molar-refractivity contribution in [1.82, 2.24) is 0 Å². The van der Waals surface area contributed by atoms with Crippen LogP contribution in [-0.2, 0) is 19.0 Å². The van der Waals surface area contributed by atoms with Crippen LogP contribution < -0.4 is 14.4 Å². The highest BCUT2D eigenvalue weighted by Crippen LogP contribution is 2.41. The molecule has 0 fully saturated rings. The lowest BCUT2D eigenvalue weighted by molar-refractivity contribution is -0.145. The number of para-hydroxylation sites is 2. The van der Waals surface area contributed by atoms with Gasteiger partial charge >= 0.3 is 12.1 Å². The highest BCUT2D eigenvalue weighted by atomic mass is 32.2. The molecule has 0 aliphatic carbocycles. The van der Waals surface area contributed by atoms with Crippen LogP contribution in [0.15, 0.2) is 55.1 Å². The Balaban J connectivity index is 2.13. The molecule has 0 radical (unpaired) electrons. The first-order valence-electron chi connectivity index (χ1n) is 12.1. The summed E-state index contributed by atoms with van der Waals surface area (Å²) in [7, 11) is 3.23. The molecule has 208 valence electrons. The van der Waals surface area contributed by atoms with Gasteiger partial charge in [0.2, 0.25) is 0 Å². The van der Waals surface area contributed by atoms with Crippen LogP contribution >= 0.6 is 11.8 Å². The van der Waals surface area contributed by atoms with E-state index < -0.39 is 17.5 Å². The van der Waals surface area contributed by atoms with Gasteiger partial charge in [-0.25, -0.2) is 4.79 Å². The van der Waals surface area contributed by atoms with E-state index in [0.717, 1.165) is 0 Å². The summed E-state index contributed by atoms with van der Waals surface area (Å²) < 4.78 is 27.6. The number of carboxylic acids is 1. The van der Waals surface area contributed by atoms with Crippen LogP contribution in [0.25, 0.3) is 4.91 Å². The summed E-state index contributed by atoms with van der Waals surface area (Å²) in [4.78, 5) is 26.5. The van der Waals surface area contributed by atoms with Crippen LogP contribution in [0.1, 0.15) is 19.4 Å². The molecule has 1 amide bonds. The average Bonchev–Trinajstić information content (AvgIpc) is 2.91. The Bertz CT molecular complexity index is 1040. The quantitative estimate of drug-likeness (QED) is 0.268. The number of nitrogens with zero attached hydrogens (tertiary/aromatic N) is 1. The van der Waals surface area contributed by atoms with Crippen molar-refractivity contribution >= 4 is 34.4 Å². The molecule has 2 aromatic rings. The van der Waals surface area contributed by atoms with E-state index in [-0.39, 0.29) is 18.1 Å². The Kier molecular flexibility index (Phi) is 13.1. The summed E-state index contributed by atoms with van der Waals surface area (Å²) >= 11 is 1.28. The Morgan fingerprint density at radius 1 is 0.947 bits per heavy atom. The molecule has 0 saturated carbocycles. The van der Waals surface area contributed by atoms with Crippen molar-refractivity contribution in [3.8, 4) is 11.5 Å². The molecule has 0 saturated heterocycles. The number of hydrogen-bond acceptors (Lipinski definition) is 8. The fourth-order valence-corrected chi connectivity index (χ4v) is 3.92. The lowest BCUT2D eigenvalue weighted by atomic mass is 9.97. The summed E-state index contributed by atoms with van der Waals surface area (Å²) in [6, 6.07) is 14.3. The van der Waals surface area contributed by atoms with E-state index in [0.29, 0.717) is 54.9 Å². The zero-order chi connectivity index (χ0) is 28.0. The van der Waals surface area contributed by atoms with Gasteiger partial charge in [-0.2, -0.15) is 0 Å². The minimum atomic E-state index is -0.962. The molecule has 0 unspecified atom stereocenters. The molecule has 0 heterocycles. The molecule has 0 aromatic heterocycles. The summed E-state index contributed by atoms with van der Waals surface area (Å²) in [6.07, 6.45) is -0.610. The highest BCUT2D eigenvalue weighted by Gasteiger charge is 2.28. The fourth-order valence-electron chi connectivity index (χ4n) is 2.95. The predicted octanol–water partition coefficient (Wildman–Crippen LogP) is 5.19. The molecule has 0 aliphatic heterocycles. The van der Waals surface area contributed by atoms with Gasteiger partial charge in [0.1, 0.15) is 6.61 Å². The molecule has 0 spiro atoms. The maximum atomic E-state index is 13.1. The third kappa shape index (κ3) is 10.0. The van der Waals surface area contributed by atoms with Gasteiger partial charge in [0, 0.05) is 36.1 Å². The summed E-state index contributed by atoms with van der Waals surface area (Å²) in [5.74, 6) is -0.0791. The summed E-state index contributed by atoms with van der Waals surface area (Å²) in [5, 5.41) is 9.46. The van der Waals surface area contributed by atoms with Crippen molar-refractivity contribution < 1.29 is 38.4 Å². The maximum absolute atomic E-state index is 13.1. The number of aliphatic carboxylic acids is 1. The number of carboxylic acid groups (broad SMARTS) is 1. The first-order valence-corrected chi connectivity index (χ1v) is 13.1. The second-order valence-electron chi connectivity index (χ2n) is 8.86. The number of carbonyl (C=O) groups excluding carboxylic acids is 1. The molecule has 9 nitrogen and oxygen atoms in total. The fraction of sp³-hybridized carbons (Fsp3) is 0.429. The zero-order valence-corrected chi connectivity index (χ0v) is 23.3. The smallest absolute Gasteiger partial charge is 0.419 e. The summed E-state index contributed by atoms with van der Waals surface area (Å²) in [6.45, 7) is 9.80. The molecule has 2 rings (SSSR count). The van der Waals surface area contributed by atoms with Crippen molar-refractivity contribution in [2.45, 2.75) is 13.8 Å². The molecule has 0 aliphatic rings. The number of thioether (sulfide) groups is 1. The van der Waals surface area contributed by atoms with Crippen molar-refractivity contribution in [1.29, 1.82) is 0 Å². The van der Waals surface area contributed by atoms with Crippen LogP contribution in [0, 0.1) is 5.41 Å². The van der Waals surface area contributed by atoms with E-state index >= 15 is 0 Å². The van der Waals surface area contributed by atoms with E-state index in [1.54, 1.807) is 58.3 Å². The van der Waals surface area contributed by atoms with Crippen molar-refractivity contribution in [2.75, 3.05) is 64.5 Å². The number of benzene rings is 2. The molecular weight excluding hydrogens is 510 g/mol. The van der Waals surface area contributed by atoms with E-state index in [1.165, 1.54) is 16.7 Å². The van der Waals surface area contributed by atoms with E-state index in [1.807, 2.05) is 18.2 Å². The van der Waals surface area contributed by atoms with E-state index in [2.05, 4.69) is 6.58 Å². The molecule has 0 bridgehead atoms. The minimum Gasteiger partial charge on any atom is -0.487 e. The largest absolute Gasteiger partial charge is 0.487 e. The van der Waals surface area contributed by atoms with Gasteiger partial charge in [-0.1, -0.05) is 30.8 Å². The topological polar surface area (TPSA) is 104 Å². The van der Waals surface area contributed by atoms with E-state index in [4.69, 9.17) is 23.7 Å². The first-order chi connectivity index (χ1) is 18.2. The number of anilines is 1. The third-order valence-corrected chi connectivity index (χ3v) is 6.80. The normalized spacial score (nSPS) is 11.2. The molecule has 0 atom stereocenters. The number of carbonyl (C=O) groups is 2. The Labute approximate surface area is 228 Å². The van der Waals surface area contributed by atoms with Gasteiger partial charge in [0.25, 0.3) is 0 Å². The van der Waals surface area contributed by atoms with Gasteiger partial charge in [-0.3, -0.25) is 9.69 Å². The number of ether oxygens (including phenoxy) is 5. The van der Waals surface area contributed by atoms with Gasteiger partial charge in [0.15, 0.2) is 11.5 Å². The average molecular weight is 548 g/mol. The Morgan fingerprint density at radius 2 is 1.58 bits per heavy atom. The van der Waals surface area contributed by atoms with Crippen LogP contribution in [-0.4, -0.2) is 76.7 Å². The van der Waals surface area contributed by atoms with Crippen LogP contribution in [0.2, 0.25) is 0 Å². The zero-order valence-electron chi connectivity index (χ0n) is 22.4. The number of hydrogen-bond donors (Lipinski definition) is 1. The molecule has 1 N–H and O–H groups in total. The van der Waals surface area contributed by atoms with Crippen LogP contribution in [0.5, 0.6) is 11.5 Å². The second-order valence-corrected chi connectivity index (χ2v) is 9.93. The van der Waals surface area contributed by atoms with Gasteiger partial charge in [-0.15, -0.1) is 11.8 Å². The SMILES string of the molecule is C=C(SCC(C)(C)C(=O)O)c1cccc(OCCOCCOCCOC)c1OC(=O)N(C)c1ccccc1. The van der Waals surface area contributed by atoms with Gasteiger partial charge in [-0.05, 0) is 38.1 Å². The maximum Gasteiger partial charge on any atom is 0.419 e. The standard InChI is InChI=1S/C28H37NO8S/c1-21(38-20-28(2,3)26(30)31)23-12-9-13-24(36-19-18-35-17-16-34-15-14-33-5)25(23)37-27(32)29(4)22-10-7-6-8-11-22/h6-13H,1,14-20H2,2-5H3,(H,30,31). The molecule has 10 heteroatoms. The van der Waals surface area contributed by atoms with Gasteiger partial charge < -0.3 is 28.8 Å². The molecule has 2 aromatic carbocycles. The first kappa shape index (κ1) is 31.2. The number of rotatable bonds is 17. The monoisotopic (exact) mass is 547 g/mol. The second kappa shape index (κ2) is 16.0. The Morgan fingerprint density at radius 3 is 2.21 bits per heavy atom. The lowest BCUT2D eigenvalue weighted by Crippen LogP contribution is -2.29. The van der Waals surface area contributed by atoms with Crippen molar-refractivity contribution in [2.24, 2.45) is 5.41 Å².